The van der Waals surface area contributed by atoms with Crippen molar-refractivity contribution < 1.29 is 9.59 Å². The van der Waals surface area contributed by atoms with Gasteiger partial charge >= 0.3 is 6.03 Å². The van der Waals surface area contributed by atoms with Crippen LogP contribution in [0, 0.1) is 0 Å². The number of benzene rings is 1. The molecule has 2 aromatic rings. The second kappa shape index (κ2) is 6.60. The zero-order valence-corrected chi connectivity index (χ0v) is 13.0. The van der Waals surface area contributed by atoms with Gasteiger partial charge in [0, 0.05) is 18.8 Å². The lowest BCUT2D eigenvalue weighted by molar-refractivity contribution is -0.127. The molecule has 0 radical (unpaired) electrons. The van der Waals surface area contributed by atoms with Crippen molar-refractivity contribution in [2.45, 2.75) is 32.4 Å². The van der Waals surface area contributed by atoms with Gasteiger partial charge in [-0.25, -0.2) is 4.79 Å². The van der Waals surface area contributed by atoms with E-state index in [1.165, 1.54) is 4.90 Å². The summed E-state index contributed by atoms with van der Waals surface area (Å²) >= 11 is 0. The molecule has 1 unspecified atom stereocenters. The maximum atomic E-state index is 12.6. The first kappa shape index (κ1) is 15.2. The molecule has 118 valence electrons. The number of hydrogen-bond donors (Lipinski definition) is 1. The topological polar surface area (TPSA) is 62.3 Å². The van der Waals surface area contributed by atoms with Gasteiger partial charge in [0.15, 0.2) is 0 Å². The minimum atomic E-state index is -0.489. The number of nitrogens with one attached hydrogen (secondary N) is 1. The van der Waals surface area contributed by atoms with E-state index in [0.29, 0.717) is 13.0 Å². The van der Waals surface area contributed by atoms with Crippen LogP contribution in [0.5, 0.6) is 0 Å². The van der Waals surface area contributed by atoms with Crippen molar-refractivity contribution in [2.24, 2.45) is 0 Å². The molecule has 1 saturated heterocycles. The highest BCUT2D eigenvalue weighted by atomic mass is 16.2. The van der Waals surface area contributed by atoms with Crippen LogP contribution in [0.4, 0.5) is 4.79 Å². The number of amides is 3. The monoisotopic (exact) mass is 309 g/mol. The lowest BCUT2D eigenvalue weighted by Crippen LogP contribution is -2.32. The average Bonchev–Trinajstić information content (AvgIpc) is 2.84. The third kappa shape index (κ3) is 3.23. The van der Waals surface area contributed by atoms with E-state index in [0.717, 1.165) is 23.1 Å². The van der Waals surface area contributed by atoms with Crippen molar-refractivity contribution in [3.63, 3.8) is 0 Å². The van der Waals surface area contributed by atoms with Gasteiger partial charge < -0.3 is 5.32 Å². The standard InChI is InChI=1S/C18H19N3O2/c1-2-14-11-19-9-8-15(14)12-21-17(22)16(20-18(21)23)10-13-6-4-3-5-7-13/h3-9,11,16H,2,10,12H2,1H3,(H,20,23). The molecule has 0 aliphatic carbocycles. The summed E-state index contributed by atoms with van der Waals surface area (Å²) in [7, 11) is 0. The summed E-state index contributed by atoms with van der Waals surface area (Å²) in [6, 6.07) is 10.8. The van der Waals surface area contributed by atoms with Crippen molar-refractivity contribution in [3.8, 4) is 0 Å². The minimum absolute atomic E-state index is 0.169. The molecule has 1 N–H and O–H groups in total. The molecule has 2 heterocycles. The van der Waals surface area contributed by atoms with E-state index in [-0.39, 0.29) is 11.9 Å². The maximum Gasteiger partial charge on any atom is 0.325 e. The number of pyridine rings is 1. The lowest BCUT2D eigenvalue weighted by atomic mass is 10.1. The Morgan fingerprint density at radius 3 is 2.65 bits per heavy atom. The molecule has 1 atom stereocenters. The molecule has 23 heavy (non-hydrogen) atoms. The van der Waals surface area contributed by atoms with E-state index in [1.807, 2.05) is 43.3 Å². The van der Waals surface area contributed by atoms with Gasteiger partial charge in [0.05, 0.1) is 6.54 Å². The van der Waals surface area contributed by atoms with Crippen LogP contribution >= 0.6 is 0 Å². The number of aryl methyl sites for hydroxylation is 1. The Morgan fingerprint density at radius 1 is 1.13 bits per heavy atom. The van der Waals surface area contributed by atoms with Gasteiger partial charge in [0.25, 0.3) is 5.91 Å². The van der Waals surface area contributed by atoms with Crippen LogP contribution in [0.15, 0.2) is 48.8 Å². The number of hydrogen-bond acceptors (Lipinski definition) is 3. The average molecular weight is 309 g/mol. The fourth-order valence-corrected chi connectivity index (χ4v) is 2.81. The minimum Gasteiger partial charge on any atom is -0.325 e. The highest BCUT2D eigenvalue weighted by Gasteiger charge is 2.37. The molecule has 5 nitrogen and oxygen atoms in total. The van der Waals surface area contributed by atoms with Gasteiger partial charge in [-0.05, 0) is 29.2 Å². The van der Waals surface area contributed by atoms with Crippen LogP contribution in [0.25, 0.3) is 0 Å². The second-order valence-corrected chi connectivity index (χ2v) is 5.61. The molecule has 3 amide bonds. The van der Waals surface area contributed by atoms with Crippen molar-refractivity contribution in [1.82, 2.24) is 15.2 Å². The van der Waals surface area contributed by atoms with E-state index in [1.54, 1.807) is 12.4 Å². The molecule has 1 fully saturated rings. The van der Waals surface area contributed by atoms with Crippen molar-refractivity contribution in [2.75, 3.05) is 0 Å². The zero-order valence-electron chi connectivity index (χ0n) is 13.0. The number of carbonyl (C=O) groups excluding carboxylic acids is 2. The van der Waals surface area contributed by atoms with E-state index < -0.39 is 6.04 Å². The third-order valence-corrected chi connectivity index (χ3v) is 4.10. The van der Waals surface area contributed by atoms with Crippen LogP contribution in [0.3, 0.4) is 0 Å². The van der Waals surface area contributed by atoms with Gasteiger partial charge in [-0.2, -0.15) is 0 Å². The van der Waals surface area contributed by atoms with Gasteiger partial charge in [-0.3, -0.25) is 14.7 Å². The predicted octanol–water partition coefficient (Wildman–Crippen LogP) is 2.31. The Morgan fingerprint density at radius 2 is 1.91 bits per heavy atom. The normalized spacial score (nSPS) is 17.4. The summed E-state index contributed by atoms with van der Waals surface area (Å²) < 4.78 is 0. The predicted molar refractivity (Wildman–Crippen MR) is 86.6 cm³/mol. The van der Waals surface area contributed by atoms with E-state index in [9.17, 15) is 9.59 Å². The SMILES string of the molecule is CCc1cnccc1CN1C(=O)NC(Cc2ccccc2)C1=O. The molecule has 1 aliphatic rings. The number of imide groups is 1. The van der Waals surface area contributed by atoms with Gasteiger partial charge in [-0.1, -0.05) is 37.3 Å². The molecule has 1 aliphatic heterocycles. The molecular formula is C18H19N3O2. The molecule has 1 aromatic heterocycles. The number of urea groups is 1. The molecule has 5 heteroatoms. The van der Waals surface area contributed by atoms with E-state index >= 15 is 0 Å². The fraction of sp³-hybridized carbons (Fsp3) is 0.278. The van der Waals surface area contributed by atoms with Crippen LogP contribution in [-0.2, 0) is 24.2 Å². The first-order chi connectivity index (χ1) is 11.2. The fourth-order valence-electron chi connectivity index (χ4n) is 2.81. The van der Waals surface area contributed by atoms with Crippen LogP contribution in [0.1, 0.15) is 23.6 Å². The summed E-state index contributed by atoms with van der Waals surface area (Å²) in [6.45, 7) is 2.33. The van der Waals surface area contributed by atoms with Crippen molar-refractivity contribution in [1.29, 1.82) is 0 Å². The number of nitrogens with zero attached hydrogens (tertiary/aromatic N) is 2. The summed E-state index contributed by atoms with van der Waals surface area (Å²) in [5.74, 6) is -0.169. The Labute approximate surface area is 135 Å². The number of carbonyl (C=O) groups is 2. The Balaban J connectivity index is 1.74. The zero-order chi connectivity index (χ0) is 16.2. The molecular weight excluding hydrogens is 290 g/mol. The van der Waals surface area contributed by atoms with Crippen LogP contribution < -0.4 is 5.32 Å². The number of aromatic nitrogens is 1. The summed E-state index contributed by atoms with van der Waals surface area (Å²) in [5.41, 5.74) is 3.05. The smallest absolute Gasteiger partial charge is 0.325 e. The summed E-state index contributed by atoms with van der Waals surface area (Å²) in [4.78, 5) is 30.1. The molecule has 0 saturated carbocycles. The van der Waals surface area contributed by atoms with E-state index in [4.69, 9.17) is 0 Å². The van der Waals surface area contributed by atoms with E-state index in [2.05, 4.69) is 10.3 Å². The second-order valence-electron chi connectivity index (χ2n) is 5.61. The first-order valence-corrected chi connectivity index (χ1v) is 7.76. The molecule has 0 spiro atoms. The van der Waals surface area contributed by atoms with Crippen LogP contribution in [0.2, 0.25) is 0 Å². The van der Waals surface area contributed by atoms with Crippen molar-refractivity contribution in [3.05, 3.63) is 65.5 Å². The Bertz CT molecular complexity index is 715. The van der Waals surface area contributed by atoms with Gasteiger partial charge in [-0.15, -0.1) is 0 Å². The highest BCUT2D eigenvalue weighted by molar-refractivity contribution is 6.04. The first-order valence-electron chi connectivity index (χ1n) is 7.76. The van der Waals surface area contributed by atoms with Gasteiger partial charge in [0.1, 0.15) is 6.04 Å². The largest absolute Gasteiger partial charge is 0.325 e. The quantitative estimate of drug-likeness (QED) is 0.862. The molecule has 0 bridgehead atoms. The van der Waals surface area contributed by atoms with Crippen molar-refractivity contribution >= 4 is 11.9 Å². The lowest BCUT2D eigenvalue weighted by Gasteiger charge is -2.15. The molecule has 1 aromatic carbocycles. The Kier molecular flexibility index (Phi) is 4.37. The summed E-state index contributed by atoms with van der Waals surface area (Å²) in [5, 5.41) is 2.78. The number of rotatable bonds is 5. The highest BCUT2D eigenvalue weighted by Crippen LogP contribution is 2.17. The van der Waals surface area contributed by atoms with Crippen LogP contribution in [-0.4, -0.2) is 27.9 Å². The third-order valence-electron chi connectivity index (χ3n) is 4.10. The molecule has 3 rings (SSSR count). The summed E-state index contributed by atoms with van der Waals surface area (Å²) in [6.07, 6.45) is 4.81. The Hall–Kier alpha value is -2.69. The van der Waals surface area contributed by atoms with Gasteiger partial charge in [0.2, 0.25) is 0 Å². The maximum absolute atomic E-state index is 12.6.